The number of amides is 1. The molecule has 0 rings (SSSR count). The van der Waals surface area contributed by atoms with Gasteiger partial charge in [0, 0.05) is 19.4 Å². The molecule has 0 aromatic rings. The van der Waals surface area contributed by atoms with E-state index in [-0.39, 0.29) is 11.8 Å². The zero-order valence-corrected chi connectivity index (χ0v) is 6.39. The summed E-state index contributed by atoms with van der Waals surface area (Å²) in [6.07, 6.45) is 1.94. The topological polar surface area (TPSA) is 46.2 Å². The molecule has 0 spiro atoms. The first kappa shape index (κ1) is 9.14. The second-order valence-electron chi connectivity index (χ2n) is 2.26. The average Bonchev–Trinajstić information content (AvgIpc) is 1.98. The maximum absolute atomic E-state index is 10.8. The van der Waals surface area contributed by atoms with Gasteiger partial charge in [-0.25, -0.2) is 0 Å². The van der Waals surface area contributed by atoms with Crippen molar-refractivity contribution >= 4 is 12.2 Å². The Labute approximate surface area is 60.8 Å². The van der Waals surface area contributed by atoms with Crippen molar-refractivity contribution in [1.82, 2.24) is 5.32 Å². The van der Waals surface area contributed by atoms with Gasteiger partial charge in [-0.3, -0.25) is 4.79 Å². The van der Waals surface area contributed by atoms with Crippen LogP contribution in [-0.4, -0.2) is 19.2 Å². The van der Waals surface area contributed by atoms with Crippen molar-refractivity contribution in [1.29, 1.82) is 0 Å². The molecular weight excluding hydrogens is 130 g/mol. The van der Waals surface area contributed by atoms with Gasteiger partial charge in [0.05, 0.1) is 0 Å². The first-order valence-corrected chi connectivity index (χ1v) is 3.37. The molecule has 0 saturated carbocycles. The van der Waals surface area contributed by atoms with Crippen LogP contribution >= 0.6 is 0 Å². The smallest absolute Gasteiger partial charge is 0.222 e. The minimum atomic E-state index is -0.0461. The minimum absolute atomic E-state index is 0.00171. The maximum Gasteiger partial charge on any atom is 0.222 e. The number of carbonyl (C=O) groups is 2. The highest BCUT2D eigenvalue weighted by molar-refractivity contribution is 5.78. The van der Waals surface area contributed by atoms with Crippen LogP contribution < -0.4 is 5.32 Å². The Hall–Kier alpha value is -0.860. The molecule has 0 unspecified atom stereocenters. The van der Waals surface area contributed by atoms with Gasteiger partial charge in [-0.2, -0.15) is 0 Å². The Morgan fingerprint density at radius 3 is 2.70 bits per heavy atom. The van der Waals surface area contributed by atoms with E-state index in [1.54, 1.807) is 7.05 Å². The molecule has 0 heterocycles. The van der Waals surface area contributed by atoms with E-state index in [1.165, 1.54) is 0 Å². The van der Waals surface area contributed by atoms with Crippen molar-refractivity contribution in [3.63, 3.8) is 0 Å². The van der Waals surface area contributed by atoms with E-state index in [9.17, 15) is 9.59 Å². The highest BCUT2D eigenvalue weighted by atomic mass is 16.1. The molecule has 10 heavy (non-hydrogen) atoms. The highest BCUT2D eigenvalue weighted by Crippen LogP contribution is 2.02. The second kappa shape index (κ2) is 4.97. The van der Waals surface area contributed by atoms with Crippen molar-refractivity contribution in [2.24, 2.45) is 5.92 Å². The van der Waals surface area contributed by atoms with E-state index in [2.05, 4.69) is 5.32 Å². The van der Waals surface area contributed by atoms with Crippen molar-refractivity contribution in [2.75, 3.05) is 7.05 Å². The van der Waals surface area contributed by atoms with Crippen LogP contribution in [0.1, 0.15) is 19.8 Å². The van der Waals surface area contributed by atoms with Crippen LogP contribution in [0.3, 0.4) is 0 Å². The highest BCUT2D eigenvalue weighted by Gasteiger charge is 2.08. The zero-order chi connectivity index (χ0) is 7.98. The van der Waals surface area contributed by atoms with Crippen LogP contribution in [0.15, 0.2) is 0 Å². The molecule has 0 aliphatic rings. The van der Waals surface area contributed by atoms with Crippen molar-refractivity contribution in [3.05, 3.63) is 0 Å². The third kappa shape index (κ3) is 3.22. The summed E-state index contributed by atoms with van der Waals surface area (Å²) in [5, 5.41) is 2.52. The number of hydrogen-bond donors (Lipinski definition) is 1. The van der Waals surface area contributed by atoms with Crippen molar-refractivity contribution < 1.29 is 9.59 Å². The zero-order valence-electron chi connectivity index (χ0n) is 6.39. The number of hydrogen-bond acceptors (Lipinski definition) is 2. The molecule has 1 N–H and O–H groups in total. The van der Waals surface area contributed by atoms with Gasteiger partial charge >= 0.3 is 0 Å². The molecule has 0 saturated heterocycles. The maximum atomic E-state index is 10.8. The van der Waals surface area contributed by atoms with E-state index >= 15 is 0 Å². The fourth-order valence-corrected chi connectivity index (χ4v) is 0.696. The Bertz CT molecular complexity index is 123. The molecule has 1 amide bonds. The Morgan fingerprint density at radius 1 is 1.70 bits per heavy atom. The van der Waals surface area contributed by atoms with E-state index < -0.39 is 0 Å². The molecular formula is C7H13NO2. The van der Waals surface area contributed by atoms with E-state index in [4.69, 9.17) is 0 Å². The van der Waals surface area contributed by atoms with Crippen LogP contribution in [0.5, 0.6) is 0 Å². The van der Waals surface area contributed by atoms with Crippen LogP contribution in [0, 0.1) is 5.92 Å². The first-order valence-electron chi connectivity index (χ1n) is 3.37. The summed E-state index contributed by atoms with van der Waals surface area (Å²) in [5.41, 5.74) is 0. The largest absolute Gasteiger partial charge is 0.359 e. The lowest BCUT2D eigenvalue weighted by Gasteiger charge is -2.05. The molecule has 1 atom stereocenters. The summed E-state index contributed by atoms with van der Waals surface area (Å²) in [6, 6.07) is 0. The molecule has 0 aromatic heterocycles. The SMILES string of the molecule is CNC(=O)[C@H](C)CCC=O. The summed E-state index contributed by atoms with van der Waals surface area (Å²) in [4.78, 5) is 20.7. The quantitative estimate of drug-likeness (QED) is 0.577. The van der Waals surface area contributed by atoms with E-state index in [0.717, 1.165) is 6.29 Å². The van der Waals surface area contributed by atoms with Gasteiger partial charge in [0.2, 0.25) is 5.91 Å². The lowest BCUT2D eigenvalue weighted by Crippen LogP contribution is -2.25. The molecule has 0 aromatic carbocycles. The Morgan fingerprint density at radius 2 is 2.30 bits per heavy atom. The summed E-state index contributed by atoms with van der Waals surface area (Å²) in [5.74, 6) is -0.0444. The fraction of sp³-hybridized carbons (Fsp3) is 0.714. The van der Waals surface area contributed by atoms with Gasteiger partial charge in [-0.05, 0) is 6.42 Å². The lowest BCUT2D eigenvalue weighted by atomic mass is 10.1. The first-order chi connectivity index (χ1) is 4.72. The number of carbonyl (C=O) groups excluding carboxylic acids is 2. The number of rotatable bonds is 4. The summed E-state index contributed by atoms with van der Waals surface area (Å²) in [6.45, 7) is 1.81. The van der Waals surface area contributed by atoms with Gasteiger partial charge in [-0.1, -0.05) is 6.92 Å². The third-order valence-corrected chi connectivity index (χ3v) is 1.41. The summed E-state index contributed by atoms with van der Waals surface area (Å²) < 4.78 is 0. The summed E-state index contributed by atoms with van der Waals surface area (Å²) in [7, 11) is 1.60. The molecule has 3 nitrogen and oxygen atoms in total. The lowest BCUT2D eigenvalue weighted by molar-refractivity contribution is -0.124. The second-order valence-corrected chi connectivity index (χ2v) is 2.26. The van der Waals surface area contributed by atoms with Gasteiger partial charge in [0.25, 0.3) is 0 Å². The van der Waals surface area contributed by atoms with Crippen LogP contribution in [-0.2, 0) is 9.59 Å². The Kier molecular flexibility index (Phi) is 4.54. The molecule has 0 fully saturated rings. The standard InChI is InChI=1S/C7H13NO2/c1-6(4-3-5-9)7(10)8-2/h5-6H,3-4H2,1-2H3,(H,8,10)/t6-/m1/s1. The van der Waals surface area contributed by atoms with Crippen LogP contribution in [0.2, 0.25) is 0 Å². The predicted octanol–water partition coefficient (Wildman–Crippen LogP) is 0.348. The van der Waals surface area contributed by atoms with Crippen LogP contribution in [0.4, 0.5) is 0 Å². The van der Waals surface area contributed by atoms with Crippen molar-refractivity contribution in [3.8, 4) is 0 Å². The molecule has 3 heteroatoms. The van der Waals surface area contributed by atoms with Crippen LogP contribution in [0.25, 0.3) is 0 Å². The normalized spacial score (nSPS) is 12.2. The number of nitrogens with one attached hydrogen (secondary N) is 1. The van der Waals surface area contributed by atoms with Gasteiger partial charge < -0.3 is 10.1 Å². The van der Waals surface area contributed by atoms with E-state index in [0.29, 0.717) is 12.8 Å². The summed E-state index contributed by atoms with van der Waals surface area (Å²) >= 11 is 0. The molecule has 0 bridgehead atoms. The molecule has 0 aliphatic heterocycles. The number of aldehydes is 1. The van der Waals surface area contributed by atoms with Crippen molar-refractivity contribution in [2.45, 2.75) is 19.8 Å². The van der Waals surface area contributed by atoms with E-state index in [1.807, 2.05) is 6.92 Å². The van der Waals surface area contributed by atoms with Gasteiger partial charge in [0.15, 0.2) is 0 Å². The average molecular weight is 143 g/mol. The van der Waals surface area contributed by atoms with Gasteiger partial charge in [0.1, 0.15) is 6.29 Å². The Balaban J connectivity index is 3.50. The molecule has 58 valence electrons. The van der Waals surface area contributed by atoms with Gasteiger partial charge in [-0.15, -0.1) is 0 Å². The minimum Gasteiger partial charge on any atom is -0.359 e. The predicted molar refractivity (Wildman–Crippen MR) is 38.5 cm³/mol. The fourth-order valence-electron chi connectivity index (χ4n) is 0.696. The molecule has 0 radical (unpaired) electrons. The molecule has 0 aliphatic carbocycles. The monoisotopic (exact) mass is 143 g/mol. The third-order valence-electron chi connectivity index (χ3n) is 1.41.